The van der Waals surface area contributed by atoms with E-state index < -0.39 is 36.9 Å². The molecule has 4 atom stereocenters. The minimum atomic E-state index is -1.26. The maximum Gasteiger partial charge on any atom is 0.249 e. The van der Waals surface area contributed by atoms with Gasteiger partial charge in [0.15, 0.2) is 0 Å². The molecule has 412 valence electrons. The van der Waals surface area contributed by atoms with Gasteiger partial charge in [0.25, 0.3) is 0 Å². The molecule has 0 spiro atoms. The Morgan fingerprint density at radius 2 is 0.580 bits per heavy atom. The number of amides is 1. The number of carbonyl (C=O) groups excluding carboxylic acids is 1. The van der Waals surface area contributed by atoms with Crippen LogP contribution in [0.2, 0.25) is 0 Å². The van der Waals surface area contributed by atoms with E-state index >= 15 is 0 Å². The maximum atomic E-state index is 12.6. The molecule has 0 aromatic rings. The zero-order valence-electron chi connectivity index (χ0n) is 46.8. The summed E-state index contributed by atoms with van der Waals surface area (Å²) >= 11 is 0. The number of aliphatic hydroxyl groups excluding tert-OH is 4. The summed E-state index contributed by atoms with van der Waals surface area (Å²) in [5.41, 5.74) is 0. The Labute approximate surface area is 432 Å². The van der Waals surface area contributed by atoms with Crippen molar-refractivity contribution in [2.75, 3.05) is 6.61 Å². The molecule has 0 rings (SSSR count). The highest BCUT2D eigenvalue weighted by Crippen LogP contribution is 2.19. The smallest absolute Gasteiger partial charge is 0.249 e. The Bertz CT molecular complexity index is 1010. The topological polar surface area (TPSA) is 110 Å². The quantitative estimate of drug-likeness (QED) is 0.0308. The first-order chi connectivity index (χ1) is 34.0. The zero-order chi connectivity index (χ0) is 50.2. The molecule has 0 radical (unpaired) electrons. The van der Waals surface area contributed by atoms with Crippen LogP contribution in [0.5, 0.6) is 0 Å². The fourth-order valence-corrected chi connectivity index (χ4v) is 10.3. The van der Waals surface area contributed by atoms with Gasteiger partial charge < -0.3 is 25.7 Å². The third-order valence-electron chi connectivity index (χ3n) is 15.2. The van der Waals surface area contributed by atoms with Gasteiger partial charge in [0.2, 0.25) is 5.91 Å². The van der Waals surface area contributed by atoms with Gasteiger partial charge in [0.1, 0.15) is 12.2 Å². The van der Waals surface area contributed by atoms with Gasteiger partial charge in [-0.1, -0.05) is 328 Å². The lowest BCUT2D eigenvalue weighted by Gasteiger charge is -2.27. The van der Waals surface area contributed by atoms with Crippen molar-refractivity contribution in [3.05, 3.63) is 12.2 Å². The van der Waals surface area contributed by atoms with Crippen molar-refractivity contribution in [1.82, 2.24) is 5.32 Å². The molecule has 0 saturated heterocycles. The van der Waals surface area contributed by atoms with E-state index in [2.05, 4.69) is 31.3 Å². The second kappa shape index (κ2) is 57.9. The molecule has 0 bridgehead atoms. The summed E-state index contributed by atoms with van der Waals surface area (Å²) in [7, 11) is 0. The molecule has 0 heterocycles. The number of unbranched alkanes of at least 4 members (excludes halogenated alkanes) is 48. The summed E-state index contributed by atoms with van der Waals surface area (Å²) in [5.74, 6) is -0.576. The summed E-state index contributed by atoms with van der Waals surface area (Å²) < 4.78 is 0. The van der Waals surface area contributed by atoms with Gasteiger partial charge in [-0.15, -0.1) is 0 Å². The summed E-state index contributed by atoms with van der Waals surface area (Å²) in [4.78, 5) is 12.6. The van der Waals surface area contributed by atoms with Crippen LogP contribution in [0.3, 0.4) is 0 Å². The highest BCUT2D eigenvalue weighted by molar-refractivity contribution is 5.80. The predicted octanol–water partition coefficient (Wildman–Crippen LogP) is 18.8. The summed E-state index contributed by atoms with van der Waals surface area (Å²) in [6, 6.07) is -0.983. The summed E-state index contributed by atoms with van der Waals surface area (Å²) in [5, 5.41) is 44.1. The van der Waals surface area contributed by atoms with Crippen molar-refractivity contribution in [1.29, 1.82) is 0 Å². The van der Waals surface area contributed by atoms with E-state index in [0.717, 1.165) is 38.5 Å². The van der Waals surface area contributed by atoms with Crippen LogP contribution in [0, 0.1) is 0 Å². The Morgan fingerprint density at radius 1 is 0.348 bits per heavy atom. The van der Waals surface area contributed by atoms with Crippen LogP contribution in [0.4, 0.5) is 0 Å². The number of aliphatic hydroxyl groups is 4. The van der Waals surface area contributed by atoms with Crippen molar-refractivity contribution in [2.24, 2.45) is 0 Å². The van der Waals surface area contributed by atoms with Gasteiger partial charge in [0.05, 0.1) is 18.8 Å². The highest BCUT2D eigenvalue weighted by Gasteiger charge is 2.28. The van der Waals surface area contributed by atoms with Crippen molar-refractivity contribution < 1.29 is 25.2 Å². The van der Waals surface area contributed by atoms with Crippen LogP contribution in [0.25, 0.3) is 0 Å². The third-order valence-corrected chi connectivity index (χ3v) is 15.2. The van der Waals surface area contributed by atoms with Crippen LogP contribution >= 0.6 is 0 Å². The monoisotopic (exact) mass is 976 g/mol. The number of carbonyl (C=O) groups is 1. The van der Waals surface area contributed by atoms with E-state index in [4.69, 9.17) is 0 Å². The van der Waals surface area contributed by atoms with E-state index in [-0.39, 0.29) is 0 Å². The van der Waals surface area contributed by atoms with Gasteiger partial charge in [-0.2, -0.15) is 0 Å². The van der Waals surface area contributed by atoms with Crippen LogP contribution in [-0.4, -0.2) is 57.3 Å². The van der Waals surface area contributed by atoms with Crippen LogP contribution in [0.15, 0.2) is 12.2 Å². The molecule has 0 aliphatic rings. The van der Waals surface area contributed by atoms with E-state index in [1.165, 1.54) is 289 Å². The van der Waals surface area contributed by atoms with E-state index in [1.54, 1.807) is 0 Å². The van der Waals surface area contributed by atoms with E-state index in [9.17, 15) is 25.2 Å². The van der Waals surface area contributed by atoms with E-state index in [0.29, 0.717) is 12.8 Å². The second-order valence-corrected chi connectivity index (χ2v) is 22.1. The third kappa shape index (κ3) is 51.7. The Balaban J connectivity index is 3.54. The average Bonchev–Trinajstić information content (AvgIpc) is 3.35. The Hall–Kier alpha value is -0.950. The van der Waals surface area contributed by atoms with Crippen LogP contribution in [0.1, 0.15) is 354 Å². The van der Waals surface area contributed by atoms with Crippen molar-refractivity contribution in [2.45, 2.75) is 379 Å². The first kappa shape index (κ1) is 68.0. The molecule has 0 aromatic carbocycles. The molecule has 6 heteroatoms. The van der Waals surface area contributed by atoms with Crippen molar-refractivity contribution in [3.8, 4) is 0 Å². The minimum absolute atomic E-state index is 0.374. The zero-order valence-corrected chi connectivity index (χ0v) is 46.8. The predicted molar refractivity (Wildman–Crippen MR) is 302 cm³/mol. The molecule has 0 saturated carbocycles. The highest BCUT2D eigenvalue weighted by atomic mass is 16.3. The number of hydrogen-bond donors (Lipinski definition) is 5. The van der Waals surface area contributed by atoms with Gasteiger partial charge in [-0.05, 0) is 38.5 Å². The molecular formula is C63H125NO5. The lowest BCUT2D eigenvalue weighted by molar-refractivity contribution is -0.132. The molecule has 5 N–H and O–H groups in total. The van der Waals surface area contributed by atoms with Crippen LogP contribution < -0.4 is 5.32 Å². The number of nitrogens with one attached hydrogen (secondary N) is 1. The first-order valence-electron chi connectivity index (χ1n) is 31.6. The molecule has 1 amide bonds. The molecule has 0 aliphatic heterocycles. The van der Waals surface area contributed by atoms with Gasteiger partial charge in [-0.3, -0.25) is 4.79 Å². The number of allylic oxidation sites excluding steroid dienone is 2. The standard InChI is InChI=1S/C63H125NO5/c1-3-5-7-9-11-13-15-17-19-21-23-25-26-27-28-29-30-31-32-33-34-35-37-39-41-43-45-47-49-51-53-55-57-61(67)63(69)64-59(58-65)62(68)60(66)56-54-52-50-48-46-44-42-40-38-36-24-22-20-18-16-14-12-10-8-6-4-2/h27-28,59-62,65-68H,3-26,29-58H2,1-2H3,(H,64,69)/b28-27-. The molecule has 0 aliphatic carbocycles. The molecule has 0 aromatic heterocycles. The summed E-state index contributed by atoms with van der Waals surface area (Å²) in [6.45, 7) is 4.10. The molecule has 6 nitrogen and oxygen atoms in total. The lowest BCUT2D eigenvalue weighted by atomic mass is 9.99. The Kier molecular flexibility index (Phi) is 57.1. The van der Waals surface area contributed by atoms with Gasteiger partial charge >= 0.3 is 0 Å². The molecule has 4 unspecified atom stereocenters. The molecule has 0 fully saturated rings. The molecular weight excluding hydrogens is 851 g/mol. The second-order valence-electron chi connectivity index (χ2n) is 22.1. The van der Waals surface area contributed by atoms with Gasteiger partial charge in [-0.25, -0.2) is 0 Å². The average molecular weight is 977 g/mol. The Morgan fingerprint density at radius 3 is 0.841 bits per heavy atom. The fourth-order valence-electron chi connectivity index (χ4n) is 10.3. The normalized spacial score (nSPS) is 13.7. The first-order valence-corrected chi connectivity index (χ1v) is 31.6. The maximum absolute atomic E-state index is 12.6. The number of hydrogen-bond acceptors (Lipinski definition) is 5. The largest absolute Gasteiger partial charge is 0.394 e. The van der Waals surface area contributed by atoms with Crippen molar-refractivity contribution >= 4 is 5.91 Å². The summed E-state index contributed by atoms with van der Waals surface area (Å²) in [6.07, 6.45) is 70.2. The lowest BCUT2D eigenvalue weighted by Crippen LogP contribution is -2.53. The molecule has 69 heavy (non-hydrogen) atoms. The van der Waals surface area contributed by atoms with Gasteiger partial charge in [0, 0.05) is 0 Å². The minimum Gasteiger partial charge on any atom is -0.394 e. The SMILES string of the molecule is CCCCCCCCCCCCCC/C=C\CCCCCCCCCCCCCCCCCCC(O)C(=O)NC(CO)C(O)C(O)CCCCCCCCCCCCCCCCCCCCCCC. The number of rotatable bonds is 59. The van der Waals surface area contributed by atoms with Crippen molar-refractivity contribution in [3.63, 3.8) is 0 Å². The fraction of sp³-hybridized carbons (Fsp3) is 0.952. The van der Waals surface area contributed by atoms with E-state index in [1.807, 2.05) is 0 Å². The van der Waals surface area contributed by atoms with Crippen LogP contribution in [-0.2, 0) is 4.79 Å².